The topological polar surface area (TPSA) is 17.8 Å². The lowest BCUT2D eigenvalue weighted by Gasteiger charge is -1.98. The highest BCUT2D eigenvalue weighted by molar-refractivity contribution is 6.31. The van der Waals surface area contributed by atoms with Crippen LogP contribution in [0.2, 0.25) is 5.02 Å². The van der Waals surface area contributed by atoms with Gasteiger partial charge in [0, 0.05) is 5.88 Å². The first-order valence-corrected chi connectivity index (χ1v) is 4.56. The highest BCUT2D eigenvalue weighted by Crippen LogP contribution is 2.12. The Kier molecular flexibility index (Phi) is 3.63. The highest BCUT2D eigenvalue weighted by atomic mass is 35.5. The molecule has 0 aliphatic heterocycles. The lowest BCUT2D eigenvalue weighted by atomic mass is 10.4. The van der Waals surface area contributed by atoms with Crippen molar-refractivity contribution in [3.63, 3.8) is 0 Å². The van der Waals surface area contributed by atoms with Crippen LogP contribution in [0.25, 0.3) is 0 Å². The molecule has 12 heavy (non-hydrogen) atoms. The van der Waals surface area contributed by atoms with Crippen molar-refractivity contribution >= 4 is 23.2 Å². The summed E-state index contributed by atoms with van der Waals surface area (Å²) in [5.41, 5.74) is 0.982. The van der Waals surface area contributed by atoms with E-state index in [1.165, 1.54) is 0 Å². The molecular weight excluding hydrogens is 195 g/mol. The molecule has 4 heteroatoms. The molecule has 1 aromatic rings. The average Bonchev–Trinajstić information content (AvgIpc) is 2.36. The third-order valence-corrected chi connectivity index (χ3v) is 2.13. The fourth-order valence-corrected chi connectivity index (χ4v) is 1.11. The second-order valence-electron chi connectivity index (χ2n) is 2.39. The Morgan fingerprint density at radius 2 is 2.33 bits per heavy atom. The molecule has 0 aliphatic rings. The zero-order chi connectivity index (χ0) is 8.97. The molecule has 0 bridgehead atoms. The van der Waals surface area contributed by atoms with Gasteiger partial charge in [-0.25, -0.2) is 0 Å². The van der Waals surface area contributed by atoms with Gasteiger partial charge in [-0.3, -0.25) is 4.68 Å². The third kappa shape index (κ3) is 2.26. The molecule has 0 aliphatic carbocycles. The molecule has 0 atom stereocenters. The van der Waals surface area contributed by atoms with E-state index in [0.717, 1.165) is 12.2 Å². The first-order valence-electron chi connectivity index (χ1n) is 3.64. The van der Waals surface area contributed by atoms with Crippen LogP contribution in [0.15, 0.2) is 18.3 Å². The minimum Gasteiger partial charge on any atom is -0.265 e. The molecule has 0 fully saturated rings. The van der Waals surface area contributed by atoms with Gasteiger partial charge in [-0.15, -0.1) is 11.6 Å². The molecule has 1 aromatic heterocycles. The summed E-state index contributed by atoms with van der Waals surface area (Å²) in [6.45, 7) is 2.66. The van der Waals surface area contributed by atoms with Gasteiger partial charge in [-0.05, 0) is 6.92 Å². The van der Waals surface area contributed by atoms with Gasteiger partial charge in [0.15, 0.2) is 0 Å². The monoisotopic (exact) mass is 204 g/mol. The van der Waals surface area contributed by atoms with Gasteiger partial charge in [-0.2, -0.15) is 5.10 Å². The first kappa shape index (κ1) is 9.62. The van der Waals surface area contributed by atoms with E-state index in [-0.39, 0.29) is 0 Å². The Hall–Kier alpha value is -0.470. The molecule has 66 valence electrons. The zero-order valence-electron chi connectivity index (χ0n) is 6.80. The largest absolute Gasteiger partial charge is 0.265 e. The van der Waals surface area contributed by atoms with Crippen LogP contribution in [-0.2, 0) is 6.54 Å². The summed E-state index contributed by atoms with van der Waals surface area (Å²) < 4.78 is 1.82. The van der Waals surface area contributed by atoms with E-state index >= 15 is 0 Å². The van der Waals surface area contributed by atoms with Crippen molar-refractivity contribution < 1.29 is 0 Å². The molecule has 0 saturated carbocycles. The summed E-state index contributed by atoms with van der Waals surface area (Å²) in [4.78, 5) is 0. The van der Waals surface area contributed by atoms with E-state index < -0.39 is 0 Å². The molecule has 1 heterocycles. The quantitative estimate of drug-likeness (QED) is 0.547. The van der Waals surface area contributed by atoms with E-state index in [4.69, 9.17) is 23.2 Å². The predicted octanol–water partition coefficient (Wildman–Crippen LogP) is 2.64. The average molecular weight is 205 g/mol. The maximum absolute atomic E-state index is 5.81. The van der Waals surface area contributed by atoms with Crippen molar-refractivity contribution in [2.24, 2.45) is 0 Å². The first-order chi connectivity index (χ1) is 5.75. The number of halogens is 2. The molecule has 2 nitrogen and oxygen atoms in total. The van der Waals surface area contributed by atoms with E-state index in [9.17, 15) is 0 Å². The standard InChI is InChI=1S/C8H10Cl2N2/c1-7-8(10)6-11-12(7)5-3-2-4-9/h2-3,6H,4-5H2,1H3/b3-2+. The van der Waals surface area contributed by atoms with Crippen LogP contribution >= 0.6 is 23.2 Å². The van der Waals surface area contributed by atoms with Crippen molar-refractivity contribution in [1.29, 1.82) is 0 Å². The number of hydrogen-bond donors (Lipinski definition) is 0. The molecular formula is C8H10Cl2N2. The van der Waals surface area contributed by atoms with Gasteiger partial charge in [0.2, 0.25) is 0 Å². The fraction of sp³-hybridized carbons (Fsp3) is 0.375. The lowest BCUT2D eigenvalue weighted by molar-refractivity contribution is 0.678. The van der Waals surface area contributed by atoms with Crippen LogP contribution in [0, 0.1) is 6.92 Å². The Labute approximate surface area is 81.8 Å². The van der Waals surface area contributed by atoms with Crippen LogP contribution in [0.1, 0.15) is 5.69 Å². The summed E-state index contributed by atoms with van der Waals surface area (Å²) in [6, 6.07) is 0. The Balaban J connectivity index is 2.63. The molecule has 0 radical (unpaired) electrons. The number of allylic oxidation sites excluding steroid dienone is 2. The summed E-state index contributed by atoms with van der Waals surface area (Å²) >= 11 is 11.3. The highest BCUT2D eigenvalue weighted by Gasteiger charge is 2.00. The molecule has 0 saturated heterocycles. The van der Waals surface area contributed by atoms with Crippen molar-refractivity contribution in [2.75, 3.05) is 5.88 Å². The second-order valence-corrected chi connectivity index (χ2v) is 3.10. The fourth-order valence-electron chi connectivity index (χ4n) is 0.845. The maximum Gasteiger partial charge on any atom is 0.0815 e. The van der Waals surface area contributed by atoms with Crippen LogP contribution in [0.5, 0.6) is 0 Å². The Morgan fingerprint density at radius 3 is 2.83 bits per heavy atom. The van der Waals surface area contributed by atoms with Crippen LogP contribution in [0.3, 0.4) is 0 Å². The minimum atomic E-state index is 0.536. The Bertz CT molecular complexity index is 279. The zero-order valence-corrected chi connectivity index (χ0v) is 8.31. The summed E-state index contributed by atoms with van der Waals surface area (Å²) in [7, 11) is 0. The third-order valence-electron chi connectivity index (χ3n) is 1.58. The maximum atomic E-state index is 5.81. The molecule has 0 aromatic carbocycles. The molecule has 0 N–H and O–H groups in total. The molecule has 0 spiro atoms. The van der Waals surface area contributed by atoms with Crippen LogP contribution in [-0.4, -0.2) is 15.7 Å². The van der Waals surface area contributed by atoms with Crippen molar-refractivity contribution in [3.8, 4) is 0 Å². The summed E-state index contributed by atoms with van der Waals surface area (Å²) in [6.07, 6.45) is 5.49. The van der Waals surface area contributed by atoms with Gasteiger partial charge in [0.25, 0.3) is 0 Å². The minimum absolute atomic E-state index is 0.536. The van der Waals surface area contributed by atoms with Crippen LogP contribution in [0.4, 0.5) is 0 Å². The van der Waals surface area contributed by atoms with Crippen molar-refractivity contribution in [3.05, 3.63) is 29.1 Å². The summed E-state index contributed by atoms with van der Waals surface area (Å²) in [5.74, 6) is 0.536. The van der Waals surface area contributed by atoms with Crippen molar-refractivity contribution in [2.45, 2.75) is 13.5 Å². The summed E-state index contributed by atoms with van der Waals surface area (Å²) in [5, 5.41) is 4.78. The SMILES string of the molecule is Cc1c(Cl)cnn1C/C=C/CCl. The number of aromatic nitrogens is 2. The number of nitrogens with zero attached hydrogens (tertiary/aromatic N) is 2. The Morgan fingerprint density at radius 1 is 1.58 bits per heavy atom. The van der Waals surface area contributed by atoms with Gasteiger partial charge in [0.1, 0.15) is 0 Å². The molecule has 1 rings (SSSR count). The lowest BCUT2D eigenvalue weighted by Crippen LogP contribution is -1.99. The van der Waals surface area contributed by atoms with E-state index in [1.807, 2.05) is 23.8 Å². The van der Waals surface area contributed by atoms with E-state index in [0.29, 0.717) is 10.9 Å². The van der Waals surface area contributed by atoms with Crippen LogP contribution < -0.4 is 0 Å². The molecule has 0 unspecified atom stereocenters. The number of hydrogen-bond acceptors (Lipinski definition) is 1. The van der Waals surface area contributed by atoms with E-state index in [2.05, 4.69) is 5.10 Å². The number of alkyl halides is 1. The van der Waals surface area contributed by atoms with Gasteiger partial charge in [0.05, 0.1) is 23.5 Å². The number of rotatable bonds is 3. The second kappa shape index (κ2) is 4.53. The molecule has 0 amide bonds. The van der Waals surface area contributed by atoms with Gasteiger partial charge < -0.3 is 0 Å². The van der Waals surface area contributed by atoms with Gasteiger partial charge >= 0.3 is 0 Å². The smallest absolute Gasteiger partial charge is 0.0815 e. The van der Waals surface area contributed by atoms with E-state index in [1.54, 1.807) is 6.20 Å². The predicted molar refractivity (Wildman–Crippen MR) is 51.8 cm³/mol. The normalized spacial score (nSPS) is 11.2. The van der Waals surface area contributed by atoms with Crippen molar-refractivity contribution in [1.82, 2.24) is 9.78 Å². The van der Waals surface area contributed by atoms with Gasteiger partial charge in [-0.1, -0.05) is 23.8 Å².